The van der Waals surface area contributed by atoms with Gasteiger partial charge < -0.3 is 15.4 Å². The van der Waals surface area contributed by atoms with Crippen LogP contribution in [-0.4, -0.2) is 32.5 Å². The van der Waals surface area contributed by atoms with E-state index < -0.39 is 26.2 Å². The Morgan fingerprint density at radius 1 is 1.15 bits per heavy atom. The van der Waals surface area contributed by atoms with E-state index in [1.54, 1.807) is 12.1 Å². The van der Waals surface area contributed by atoms with Crippen molar-refractivity contribution in [3.05, 3.63) is 46.7 Å². The van der Waals surface area contributed by atoms with Crippen LogP contribution in [0.3, 0.4) is 0 Å². The molecule has 5 rings (SSSR count). The third-order valence-corrected chi connectivity index (χ3v) is 8.68. The molecule has 10 heteroatoms. The van der Waals surface area contributed by atoms with Crippen LogP contribution in [0.15, 0.2) is 35.2 Å². The zero-order valence-corrected chi connectivity index (χ0v) is 20.5. The Balaban J connectivity index is 1.53. The lowest BCUT2D eigenvalue weighted by Crippen LogP contribution is -2.46. The highest BCUT2D eigenvalue weighted by atomic mass is 35.5. The lowest BCUT2D eigenvalue weighted by atomic mass is 9.65. The monoisotopic (exact) mass is 507 g/mol. The zero-order chi connectivity index (χ0) is 24.3. The molecule has 2 fully saturated rings. The Hall–Kier alpha value is -2.36. The predicted octanol–water partition coefficient (Wildman–Crippen LogP) is 4.56. The Kier molecular flexibility index (Phi) is 5.77. The molecule has 2 atom stereocenters. The van der Waals surface area contributed by atoms with E-state index in [0.29, 0.717) is 24.3 Å². The van der Waals surface area contributed by atoms with E-state index >= 15 is 0 Å². The van der Waals surface area contributed by atoms with Gasteiger partial charge in [-0.25, -0.2) is 12.8 Å². The maximum absolute atomic E-state index is 14.4. The van der Waals surface area contributed by atoms with E-state index in [4.69, 9.17) is 16.3 Å². The van der Waals surface area contributed by atoms with Gasteiger partial charge in [-0.1, -0.05) is 18.0 Å². The number of piperidine rings is 1. The first-order valence-electron chi connectivity index (χ1n) is 11.5. The summed E-state index contributed by atoms with van der Waals surface area (Å²) < 4.78 is 49.2. The highest BCUT2D eigenvalue weighted by molar-refractivity contribution is 7.92. The molecule has 7 nitrogen and oxygen atoms in total. The molecule has 1 spiro atoms. The van der Waals surface area contributed by atoms with Crippen molar-refractivity contribution < 1.29 is 22.3 Å². The molecule has 1 aliphatic carbocycles. The van der Waals surface area contributed by atoms with Crippen LogP contribution >= 0.6 is 11.6 Å². The largest absolute Gasteiger partial charge is 0.488 e. The van der Waals surface area contributed by atoms with Crippen molar-refractivity contribution in [2.24, 2.45) is 0 Å². The van der Waals surface area contributed by atoms with Gasteiger partial charge in [0.2, 0.25) is 5.91 Å². The van der Waals surface area contributed by atoms with Crippen molar-refractivity contribution in [1.29, 1.82) is 0 Å². The van der Waals surface area contributed by atoms with Crippen molar-refractivity contribution in [2.45, 2.75) is 74.4 Å². The molecule has 2 aliphatic heterocycles. The summed E-state index contributed by atoms with van der Waals surface area (Å²) >= 11 is 5.78. The second-order valence-corrected chi connectivity index (χ2v) is 11.7. The fourth-order valence-corrected chi connectivity index (χ4v) is 6.60. The van der Waals surface area contributed by atoms with Crippen LogP contribution in [0, 0.1) is 5.82 Å². The van der Waals surface area contributed by atoms with Crippen LogP contribution in [-0.2, 0) is 20.2 Å². The fraction of sp³-hybridized carbons (Fsp3) is 0.458. The standard InChI is InChI=1S/C24H27ClFN3O4S/c1-13-8-17(9-14(2)27-13)33-20-12-16(11-18-22(20)28-23(30)24(18)6-3-7-24)29-34(31,32)21-5-4-15(25)10-19(21)26/h4-5,10-14,17,27,29H,3,6-9H2,1-2H3,(H,28,30). The maximum Gasteiger partial charge on any atom is 0.264 e. The topological polar surface area (TPSA) is 96.5 Å². The molecule has 2 aromatic carbocycles. The summed E-state index contributed by atoms with van der Waals surface area (Å²) in [5.41, 5.74) is 0.880. The van der Waals surface area contributed by atoms with Gasteiger partial charge in [-0.2, -0.15) is 0 Å². The molecule has 1 saturated carbocycles. The van der Waals surface area contributed by atoms with Crippen LogP contribution in [0.2, 0.25) is 5.02 Å². The first kappa shape index (κ1) is 23.4. The number of hydrogen-bond acceptors (Lipinski definition) is 5. The van der Waals surface area contributed by atoms with E-state index in [1.165, 1.54) is 6.07 Å². The molecule has 0 radical (unpaired) electrons. The number of amides is 1. The van der Waals surface area contributed by atoms with Gasteiger partial charge in [-0.05, 0) is 69.4 Å². The van der Waals surface area contributed by atoms with Gasteiger partial charge in [0.05, 0.1) is 16.8 Å². The van der Waals surface area contributed by atoms with E-state index in [9.17, 15) is 17.6 Å². The number of hydrogen-bond donors (Lipinski definition) is 3. The van der Waals surface area contributed by atoms with E-state index in [0.717, 1.165) is 37.0 Å². The van der Waals surface area contributed by atoms with Crippen LogP contribution < -0.4 is 20.1 Å². The molecule has 2 heterocycles. The number of halogens is 2. The third kappa shape index (κ3) is 4.03. The van der Waals surface area contributed by atoms with Crippen LogP contribution in [0.4, 0.5) is 15.8 Å². The first-order valence-corrected chi connectivity index (χ1v) is 13.3. The average Bonchev–Trinajstić information content (AvgIpc) is 2.99. The lowest BCUT2D eigenvalue weighted by molar-refractivity contribution is -0.123. The van der Waals surface area contributed by atoms with Gasteiger partial charge in [0.15, 0.2) is 0 Å². The van der Waals surface area contributed by atoms with Crippen molar-refractivity contribution in [3.63, 3.8) is 0 Å². The maximum atomic E-state index is 14.4. The third-order valence-electron chi connectivity index (χ3n) is 7.03. The Bertz CT molecular complexity index is 1260. The van der Waals surface area contributed by atoms with E-state index in [1.807, 2.05) is 0 Å². The molecule has 182 valence electrons. The molecule has 0 aromatic heterocycles. The van der Waals surface area contributed by atoms with Gasteiger partial charge in [0.1, 0.15) is 22.6 Å². The summed E-state index contributed by atoms with van der Waals surface area (Å²) in [6.07, 6.45) is 3.77. The summed E-state index contributed by atoms with van der Waals surface area (Å²) in [6, 6.07) is 7.17. The Labute approximate surface area is 203 Å². The minimum Gasteiger partial charge on any atom is -0.488 e. The molecule has 3 N–H and O–H groups in total. The van der Waals surface area contributed by atoms with Gasteiger partial charge in [0.25, 0.3) is 10.0 Å². The molecular formula is C24H27ClFN3O4S. The van der Waals surface area contributed by atoms with Gasteiger partial charge in [-0.15, -0.1) is 0 Å². The number of rotatable bonds is 5. The predicted molar refractivity (Wildman–Crippen MR) is 129 cm³/mol. The van der Waals surface area contributed by atoms with Crippen LogP contribution in [0.25, 0.3) is 0 Å². The minimum absolute atomic E-state index is 0.0885. The number of ether oxygens (including phenoxy) is 1. The minimum atomic E-state index is -4.24. The fourth-order valence-electron chi connectivity index (χ4n) is 5.34. The smallest absolute Gasteiger partial charge is 0.264 e. The molecule has 3 aliphatic rings. The van der Waals surface area contributed by atoms with Gasteiger partial charge in [0, 0.05) is 23.2 Å². The summed E-state index contributed by atoms with van der Waals surface area (Å²) in [5, 5.41) is 6.55. The number of anilines is 2. The molecule has 1 saturated heterocycles. The summed E-state index contributed by atoms with van der Waals surface area (Å²) in [7, 11) is -4.24. The summed E-state index contributed by atoms with van der Waals surface area (Å²) in [5.74, 6) is -0.604. The van der Waals surface area contributed by atoms with Crippen molar-refractivity contribution in [1.82, 2.24) is 5.32 Å². The number of carbonyl (C=O) groups excluding carboxylic acids is 1. The normalized spacial score (nSPS) is 25.4. The van der Waals surface area contributed by atoms with Crippen molar-refractivity contribution in [3.8, 4) is 5.75 Å². The first-order chi connectivity index (χ1) is 16.1. The number of nitrogens with one attached hydrogen (secondary N) is 3. The highest BCUT2D eigenvalue weighted by Gasteiger charge is 2.52. The summed E-state index contributed by atoms with van der Waals surface area (Å²) in [6.45, 7) is 4.18. The van der Waals surface area contributed by atoms with Crippen LogP contribution in [0.5, 0.6) is 5.75 Å². The van der Waals surface area contributed by atoms with Crippen LogP contribution in [0.1, 0.15) is 51.5 Å². The molecule has 1 amide bonds. The Morgan fingerprint density at radius 2 is 1.85 bits per heavy atom. The number of sulfonamides is 1. The van der Waals surface area contributed by atoms with Crippen molar-refractivity contribution >= 4 is 38.9 Å². The summed E-state index contributed by atoms with van der Waals surface area (Å²) in [4.78, 5) is 12.4. The zero-order valence-electron chi connectivity index (χ0n) is 19.0. The molecule has 0 bridgehead atoms. The second kappa shape index (κ2) is 8.39. The quantitative estimate of drug-likeness (QED) is 0.551. The number of benzene rings is 2. The SMILES string of the molecule is CC1CC(Oc2cc(NS(=O)(=O)c3ccc(Cl)cc3F)cc3c2NC(=O)C32CCC2)CC(C)N1. The number of carbonyl (C=O) groups is 1. The Morgan fingerprint density at radius 3 is 2.47 bits per heavy atom. The molecular weight excluding hydrogens is 481 g/mol. The molecule has 2 aromatic rings. The van der Waals surface area contributed by atoms with Gasteiger partial charge >= 0.3 is 0 Å². The number of fused-ring (bicyclic) bond motifs is 2. The molecule has 34 heavy (non-hydrogen) atoms. The highest BCUT2D eigenvalue weighted by Crippen LogP contribution is 2.54. The van der Waals surface area contributed by atoms with Gasteiger partial charge in [-0.3, -0.25) is 9.52 Å². The second-order valence-electron chi connectivity index (χ2n) is 9.65. The molecule has 2 unspecified atom stereocenters. The van der Waals surface area contributed by atoms with Crippen molar-refractivity contribution in [2.75, 3.05) is 10.0 Å². The van der Waals surface area contributed by atoms with E-state index in [-0.39, 0.29) is 34.8 Å². The average molecular weight is 508 g/mol. The lowest BCUT2D eigenvalue weighted by Gasteiger charge is -2.36. The van der Waals surface area contributed by atoms with E-state index in [2.05, 4.69) is 29.2 Å².